The van der Waals surface area contributed by atoms with E-state index in [-0.39, 0.29) is 10.5 Å². The zero-order chi connectivity index (χ0) is 21.6. The minimum Gasteiger partial charge on any atom is -0.491 e. The molecule has 0 atom stereocenters. The maximum atomic E-state index is 12.9. The number of nitrogens with one attached hydrogen (secondary N) is 1. The van der Waals surface area contributed by atoms with Gasteiger partial charge in [-0.05, 0) is 49.2 Å². The van der Waals surface area contributed by atoms with Gasteiger partial charge in [-0.25, -0.2) is 8.42 Å². The molecule has 0 spiro atoms. The molecule has 0 bridgehead atoms. The van der Waals surface area contributed by atoms with E-state index in [0.717, 1.165) is 6.42 Å². The second kappa shape index (κ2) is 10.1. The number of carbonyl (C=O) groups is 1. The Labute approximate surface area is 177 Å². The maximum Gasteiger partial charge on any atom is 0.256 e. The lowest BCUT2D eigenvalue weighted by Crippen LogP contribution is -2.30. The SMILES string of the molecule is CCCOc1ccc(Cl)cc1NC(=O)c1cc(S(=O)(=O)N(CC)CC)ccc1C. The molecular formula is C21H27ClN2O4S. The molecule has 0 aromatic heterocycles. The van der Waals surface area contributed by atoms with Crippen LogP contribution in [0.1, 0.15) is 43.1 Å². The second-order valence-corrected chi connectivity index (χ2v) is 8.88. The molecule has 0 fully saturated rings. The van der Waals surface area contributed by atoms with Crippen LogP contribution in [0.5, 0.6) is 5.75 Å². The number of nitrogens with zero attached hydrogens (tertiary/aromatic N) is 1. The Morgan fingerprint density at radius 1 is 1.10 bits per heavy atom. The molecule has 158 valence electrons. The van der Waals surface area contributed by atoms with E-state index in [1.54, 1.807) is 45.0 Å². The highest BCUT2D eigenvalue weighted by Crippen LogP contribution is 2.29. The predicted molar refractivity (Wildman–Crippen MR) is 116 cm³/mol. The van der Waals surface area contributed by atoms with Crippen molar-refractivity contribution in [2.75, 3.05) is 25.0 Å². The average Bonchev–Trinajstić information content (AvgIpc) is 2.68. The lowest BCUT2D eigenvalue weighted by molar-refractivity contribution is 0.102. The van der Waals surface area contributed by atoms with Crippen LogP contribution in [-0.2, 0) is 10.0 Å². The molecule has 0 aliphatic carbocycles. The van der Waals surface area contributed by atoms with Crippen LogP contribution in [0.3, 0.4) is 0 Å². The van der Waals surface area contributed by atoms with Gasteiger partial charge in [-0.3, -0.25) is 4.79 Å². The second-order valence-electron chi connectivity index (χ2n) is 6.51. The molecule has 1 amide bonds. The first-order valence-corrected chi connectivity index (χ1v) is 11.4. The minimum atomic E-state index is -3.67. The van der Waals surface area contributed by atoms with Crippen molar-refractivity contribution in [1.29, 1.82) is 0 Å². The standard InChI is InChI=1S/C21H27ClN2O4S/c1-5-12-28-20-11-9-16(22)13-19(20)23-21(25)18-14-17(10-8-15(18)4)29(26,27)24(6-2)7-3/h8-11,13-14H,5-7,12H2,1-4H3,(H,23,25). The fourth-order valence-corrected chi connectivity index (χ4v) is 4.50. The number of ether oxygens (including phenoxy) is 1. The monoisotopic (exact) mass is 438 g/mol. The molecule has 6 nitrogen and oxygen atoms in total. The first-order valence-electron chi connectivity index (χ1n) is 9.59. The summed E-state index contributed by atoms with van der Waals surface area (Å²) in [4.78, 5) is 13.0. The van der Waals surface area contributed by atoms with Gasteiger partial charge in [0.05, 0.1) is 17.2 Å². The van der Waals surface area contributed by atoms with Crippen molar-refractivity contribution in [2.45, 2.75) is 39.0 Å². The molecule has 0 saturated heterocycles. The number of hydrogen-bond donors (Lipinski definition) is 1. The van der Waals surface area contributed by atoms with Gasteiger partial charge in [0.25, 0.3) is 5.91 Å². The maximum absolute atomic E-state index is 12.9. The molecule has 0 heterocycles. The third kappa shape index (κ3) is 5.50. The molecule has 0 unspecified atom stereocenters. The van der Waals surface area contributed by atoms with E-state index >= 15 is 0 Å². The average molecular weight is 439 g/mol. The summed E-state index contributed by atoms with van der Waals surface area (Å²) in [5.74, 6) is 0.0804. The first-order chi connectivity index (χ1) is 13.7. The van der Waals surface area contributed by atoms with Gasteiger partial charge in [0, 0.05) is 23.7 Å². The van der Waals surface area contributed by atoms with Crippen molar-refractivity contribution < 1.29 is 17.9 Å². The number of hydrogen-bond acceptors (Lipinski definition) is 4. The van der Waals surface area contributed by atoms with E-state index in [0.29, 0.717) is 41.7 Å². The number of aryl methyl sites for hydroxylation is 1. The number of amides is 1. The van der Waals surface area contributed by atoms with E-state index < -0.39 is 15.9 Å². The van der Waals surface area contributed by atoms with Gasteiger partial charge in [0.1, 0.15) is 5.75 Å². The van der Waals surface area contributed by atoms with Crippen LogP contribution in [0.4, 0.5) is 5.69 Å². The van der Waals surface area contributed by atoms with E-state index in [4.69, 9.17) is 16.3 Å². The summed E-state index contributed by atoms with van der Waals surface area (Å²) in [6.45, 7) is 8.51. The molecule has 29 heavy (non-hydrogen) atoms. The number of halogens is 1. The summed E-state index contributed by atoms with van der Waals surface area (Å²) in [6, 6.07) is 9.56. The molecule has 2 rings (SSSR count). The molecule has 0 aliphatic rings. The van der Waals surface area contributed by atoms with Crippen LogP contribution < -0.4 is 10.1 Å². The van der Waals surface area contributed by atoms with Crippen LogP contribution in [0.25, 0.3) is 0 Å². The Morgan fingerprint density at radius 2 is 1.79 bits per heavy atom. The van der Waals surface area contributed by atoms with Crippen molar-refractivity contribution >= 4 is 33.2 Å². The van der Waals surface area contributed by atoms with E-state index in [1.807, 2.05) is 6.92 Å². The molecule has 0 radical (unpaired) electrons. The largest absolute Gasteiger partial charge is 0.491 e. The van der Waals surface area contributed by atoms with Crippen molar-refractivity contribution in [3.63, 3.8) is 0 Å². The summed E-state index contributed by atoms with van der Waals surface area (Å²) in [5, 5.41) is 3.25. The third-order valence-electron chi connectivity index (χ3n) is 4.45. The lowest BCUT2D eigenvalue weighted by atomic mass is 10.1. The summed E-state index contributed by atoms with van der Waals surface area (Å²) >= 11 is 6.07. The quantitative estimate of drug-likeness (QED) is 0.614. The summed E-state index contributed by atoms with van der Waals surface area (Å²) in [7, 11) is -3.67. The Balaban J connectivity index is 2.39. The highest BCUT2D eigenvalue weighted by Gasteiger charge is 2.23. The summed E-state index contributed by atoms with van der Waals surface area (Å²) < 4.78 is 32.7. The molecule has 2 aromatic rings. The first kappa shape index (κ1) is 23.2. The highest BCUT2D eigenvalue weighted by atomic mass is 35.5. The van der Waals surface area contributed by atoms with E-state index in [1.165, 1.54) is 16.4 Å². The van der Waals surface area contributed by atoms with Gasteiger partial charge < -0.3 is 10.1 Å². The number of sulfonamides is 1. The van der Waals surface area contributed by atoms with E-state index in [2.05, 4.69) is 5.32 Å². The lowest BCUT2D eigenvalue weighted by Gasteiger charge is -2.19. The van der Waals surface area contributed by atoms with Gasteiger partial charge in [-0.1, -0.05) is 38.4 Å². The van der Waals surface area contributed by atoms with Crippen molar-refractivity contribution in [3.05, 3.63) is 52.5 Å². The summed E-state index contributed by atoms with van der Waals surface area (Å²) in [5.41, 5.74) is 1.38. The van der Waals surface area contributed by atoms with Crippen molar-refractivity contribution in [2.24, 2.45) is 0 Å². The number of rotatable bonds is 9. The zero-order valence-corrected chi connectivity index (χ0v) is 18.7. The smallest absolute Gasteiger partial charge is 0.256 e. The van der Waals surface area contributed by atoms with Gasteiger partial charge in [0.15, 0.2) is 0 Å². The van der Waals surface area contributed by atoms with Crippen LogP contribution in [0, 0.1) is 6.92 Å². The normalized spacial score (nSPS) is 11.5. The van der Waals surface area contributed by atoms with Crippen LogP contribution in [0.15, 0.2) is 41.3 Å². The van der Waals surface area contributed by atoms with E-state index in [9.17, 15) is 13.2 Å². The number of benzene rings is 2. The predicted octanol–water partition coefficient (Wildman–Crippen LogP) is 4.72. The fourth-order valence-electron chi connectivity index (χ4n) is 2.85. The highest BCUT2D eigenvalue weighted by molar-refractivity contribution is 7.89. The third-order valence-corrected chi connectivity index (χ3v) is 6.73. The van der Waals surface area contributed by atoms with Crippen molar-refractivity contribution in [1.82, 2.24) is 4.31 Å². The van der Waals surface area contributed by atoms with Gasteiger partial charge >= 0.3 is 0 Å². The van der Waals surface area contributed by atoms with Gasteiger partial charge in [0.2, 0.25) is 10.0 Å². The Kier molecular flexibility index (Phi) is 8.07. The summed E-state index contributed by atoms with van der Waals surface area (Å²) in [6.07, 6.45) is 0.820. The molecule has 8 heteroatoms. The Bertz CT molecular complexity index is 973. The van der Waals surface area contributed by atoms with Gasteiger partial charge in [-0.15, -0.1) is 0 Å². The molecule has 1 N–H and O–H groups in total. The Morgan fingerprint density at radius 3 is 2.41 bits per heavy atom. The van der Waals surface area contributed by atoms with Gasteiger partial charge in [-0.2, -0.15) is 4.31 Å². The van der Waals surface area contributed by atoms with Crippen LogP contribution in [0.2, 0.25) is 5.02 Å². The number of anilines is 1. The fraction of sp³-hybridized carbons (Fsp3) is 0.381. The van der Waals surface area contributed by atoms with Crippen molar-refractivity contribution in [3.8, 4) is 5.75 Å². The minimum absolute atomic E-state index is 0.0884. The van der Waals surface area contributed by atoms with Crippen LogP contribution in [-0.4, -0.2) is 38.3 Å². The zero-order valence-electron chi connectivity index (χ0n) is 17.2. The molecule has 0 saturated carbocycles. The Hall–Kier alpha value is -2.09. The molecule has 2 aromatic carbocycles. The van der Waals surface area contributed by atoms with Crippen LogP contribution >= 0.6 is 11.6 Å². The molecule has 0 aliphatic heterocycles. The number of carbonyl (C=O) groups excluding carboxylic acids is 1. The topological polar surface area (TPSA) is 75.7 Å². The molecular weight excluding hydrogens is 412 g/mol.